The Bertz CT molecular complexity index is 415. The van der Waals surface area contributed by atoms with E-state index in [0.29, 0.717) is 6.42 Å². The highest BCUT2D eigenvalue weighted by Gasteiger charge is 2.03. The predicted octanol–water partition coefficient (Wildman–Crippen LogP) is 11.4. The molecule has 1 radical (unpaired) electrons. The highest BCUT2D eigenvalue weighted by Crippen LogP contribution is 2.13. The topological polar surface area (TPSA) is 26.3 Å². The van der Waals surface area contributed by atoms with Gasteiger partial charge in [-0.2, -0.15) is 0 Å². The van der Waals surface area contributed by atoms with Crippen molar-refractivity contribution < 1.29 is 9.53 Å². The van der Waals surface area contributed by atoms with E-state index in [-0.39, 0.29) is 5.97 Å². The number of unbranched alkanes of at least 4 members (excludes halogenated alkanes) is 22. The van der Waals surface area contributed by atoms with Crippen molar-refractivity contribution in [3.63, 3.8) is 0 Å². The van der Waals surface area contributed by atoms with Crippen LogP contribution in [0.15, 0.2) is 12.2 Å². The molecule has 0 aromatic heterocycles. The van der Waals surface area contributed by atoms with Crippen molar-refractivity contribution in [2.75, 3.05) is 0 Å². The first-order chi connectivity index (χ1) is 16.8. The van der Waals surface area contributed by atoms with E-state index in [1.54, 1.807) is 6.61 Å². The molecule has 0 aliphatic carbocycles. The second kappa shape index (κ2) is 30.2. The van der Waals surface area contributed by atoms with Gasteiger partial charge in [0.1, 0.15) is 6.61 Å². The standard InChI is InChI=1S/C32H61O2/c1-3-5-7-9-11-13-15-16-17-18-19-21-23-25-27-29-31-34-32(33)30-28-26-24-22-20-14-12-10-8-6-4-2/h17-18,31H,3-16,19-30H2,1-2H3/b18-17+. The molecule has 0 unspecified atom stereocenters. The van der Waals surface area contributed by atoms with E-state index in [1.807, 2.05) is 0 Å². The second-order valence-electron chi connectivity index (χ2n) is 10.3. The number of allylic oxidation sites excluding steroid dienone is 2. The van der Waals surface area contributed by atoms with E-state index in [2.05, 4.69) is 26.0 Å². The molecule has 2 nitrogen and oxygen atoms in total. The molecule has 0 saturated heterocycles. The monoisotopic (exact) mass is 477 g/mol. The summed E-state index contributed by atoms with van der Waals surface area (Å²) in [6.07, 6.45) is 37.8. The second-order valence-corrected chi connectivity index (χ2v) is 10.3. The highest BCUT2D eigenvalue weighted by atomic mass is 16.5. The van der Waals surface area contributed by atoms with Gasteiger partial charge in [0.2, 0.25) is 0 Å². The lowest BCUT2D eigenvalue weighted by atomic mass is 10.1. The Morgan fingerprint density at radius 3 is 1.26 bits per heavy atom. The van der Waals surface area contributed by atoms with Crippen LogP contribution < -0.4 is 0 Å². The van der Waals surface area contributed by atoms with Crippen molar-refractivity contribution >= 4 is 5.97 Å². The van der Waals surface area contributed by atoms with Crippen molar-refractivity contribution in [1.29, 1.82) is 0 Å². The number of esters is 1. The van der Waals surface area contributed by atoms with Gasteiger partial charge in [0.15, 0.2) is 0 Å². The van der Waals surface area contributed by atoms with Gasteiger partial charge in [-0.3, -0.25) is 4.79 Å². The average molecular weight is 478 g/mol. The number of rotatable bonds is 28. The molecule has 0 heterocycles. The molecule has 2 heteroatoms. The Morgan fingerprint density at radius 1 is 0.471 bits per heavy atom. The van der Waals surface area contributed by atoms with Gasteiger partial charge in [0, 0.05) is 6.42 Å². The van der Waals surface area contributed by atoms with Gasteiger partial charge in [0.25, 0.3) is 0 Å². The van der Waals surface area contributed by atoms with Crippen LogP contribution in [-0.2, 0) is 9.53 Å². The number of hydrogen-bond acceptors (Lipinski definition) is 2. The SMILES string of the molecule is CCCCCCCCC/C=C/CCCCCC[CH]OC(=O)CCCCCCCCCCCCC. The van der Waals surface area contributed by atoms with Crippen LogP contribution in [0.4, 0.5) is 0 Å². The maximum absolute atomic E-state index is 11.8. The lowest BCUT2D eigenvalue weighted by Gasteiger charge is -2.05. The zero-order valence-electron chi connectivity index (χ0n) is 23.4. The van der Waals surface area contributed by atoms with Crippen LogP contribution in [0.5, 0.6) is 0 Å². The molecule has 0 rings (SSSR count). The van der Waals surface area contributed by atoms with Crippen LogP contribution in [0.2, 0.25) is 0 Å². The summed E-state index contributed by atoms with van der Waals surface area (Å²) in [7, 11) is 0. The maximum atomic E-state index is 11.8. The molecule has 0 bridgehead atoms. The molecule has 0 N–H and O–H groups in total. The molecule has 0 amide bonds. The Morgan fingerprint density at radius 2 is 0.824 bits per heavy atom. The molecule has 0 aliphatic heterocycles. The van der Waals surface area contributed by atoms with E-state index in [4.69, 9.17) is 4.74 Å². The van der Waals surface area contributed by atoms with E-state index in [9.17, 15) is 4.79 Å². The summed E-state index contributed by atoms with van der Waals surface area (Å²) >= 11 is 0. The fourth-order valence-corrected chi connectivity index (χ4v) is 4.44. The summed E-state index contributed by atoms with van der Waals surface area (Å²) in [5.41, 5.74) is 0. The van der Waals surface area contributed by atoms with Crippen LogP contribution in [0.25, 0.3) is 0 Å². The van der Waals surface area contributed by atoms with Crippen molar-refractivity contribution in [1.82, 2.24) is 0 Å². The average Bonchev–Trinajstić information content (AvgIpc) is 2.84. The normalized spacial score (nSPS) is 11.5. The predicted molar refractivity (Wildman–Crippen MR) is 151 cm³/mol. The minimum Gasteiger partial charge on any atom is -0.458 e. The van der Waals surface area contributed by atoms with Crippen molar-refractivity contribution in [2.24, 2.45) is 0 Å². The largest absolute Gasteiger partial charge is 0.458 e. The molecule has 0 saturated carbocycles. The van der Waals surface area contributed by atoms with Crippen molar-refractivity contribution in [3.05, 3.63) is 18.8 Å². The van der Waals surface area contributed by atoms with E-state index < -0.39 is 0 Å². The Balaban J connectivity index is 3.19. The van der Waals surface area contributed by atoms with Crippen molar-refractivity contribution in [3.8, 4) is 0 Å². The van der Waals surface area contributed by atoms with E-state index >= 15 is 0 Å². The highest BCUT2D eigenvalue weighted by molar-refractivity contribution is 5.69. The zero-order valence-corrected chi connectivity index (χ0v) is 23.4. The third-order valence-electron chi connectivity index (χ3n) is 6.78. The minimum absolute atomic E-state index is 0.0398. The summed E-state index contributed by atoms with van der Waals surface area (Å²) < 4.78 is 5.28. The first-order valence-electron chi connectivity index (χ1n) is 15.5. The fourth-order valence-electron chi connectivity index (χ4n) is 4.44. The van der Waals surface area contributed by atoms with Crippen LogP contribution in [-0.4, -0.2) is 5.97 Å². The molecule has 0 aromatic carbocycles. The Kier molecular flexibility index (Phi) is 29.5. The smallest absolute Gasteiger partial charge is 0.306 e. The van der Waals surface area contributed by atoms with Gasteiger partial charge in [0.05, 0.1) is 0 Å². The molecular formula is C32H61O2. The molecular weight excluding hydrogens is 416 g/mol. The third kappa shape index (κ3) is 29.2. The summed E-state index contributed by atoms with van der Waals surface area (Å²) in [5.74, 6) is -0.0398. The quantitative estimate of drug-likeness (QED) is 0.0636. The maximum Gasteiger partial charge on any atom is 0.306 e. The number of carbonyl (C=O) groups excluding carboxylic acids is 1. The summed E-state index contributed by atoms with van der Waals surface area (Å²) in [4.78, 5) is 11.8. The zero-order chi connectivity index (χ0) is 24.8. The molecule has 0 fully saturated rings. The lowest BCUT2D eigenvalue weighted by Crippen LogP contribution is -2.02. The minimum atomic E-state index is -0.0398. The fraction of sp³-hybridized carbons (Fsp3) is 0.875. The number of ether oxygens (including phenoxy) is 1. The van der Waals surface area contributed by atoms with Gasteiger partial charge in [-0.1, -0.05) is 142 Å². The molecule has 201 valence electrons. The van der Waals surface area contributed by atoms with Gasteiger partial charge in [-0.25, -0.2) is 0 Å². The lowest BCUT2D eigenvalue weighted by molar-refractivity contribution is -0.140. The van der Waals surface area contributed by atoms with Crippen LogP contribution in [0, 0.1) is 6.61 Å². The Hall–Kier alpha value is -0.790. The summed E-state index contributed by atoms with van der Waals surface area (Å²) in [6.45, 7) is 6.29. The van der Waals surface area contributed by atoms with E-state index in [1.165, 1.54) is 141 Å². The Labute approximate surface area is 215 Å². The summed E-state index contributed by atoms with van der Waals surface area (Å²) in [5, 5.41) is 0. The molecule has 34 heavy (non-hydrogen) atoms. The van der Waals surface area contributed by atoms with E-state index in [0.717, 1.165) is 19.3 Å². The number of carbonyl (C=O) groups is 1. The molecule has 0 aliphatic rings. The summed E-state index contributed by atoms with van der Waals surface area (Å²) in [6, 6.07) is 0. The first-order valence-corrected chi connectivity index (χ1v) is 15.5. The van der Waals surface area contributed by atoms with Gasteiger partial charge >= 0.3 is 5.97 Å². The van der Waals surface area contributed by atoms with Crippen LogP contribution >= 0.6 is 0 Å². The van der Waals surface area contributed by atoms with Gasteiger partial charge in [-0.05, 0) is 44.9 Å². The first kappa shape index (κ1) is 33.2. The van der Waals surface area contributed by atoms with Crippen LogP contribution in [0.1, 0.15) is 181 Å². The third-order valence-corrected chi connectivity index (χ3v) is 6.78. The molecule has 0 atom stereocenters. The van der Waals surface area contributed by atoms with Crippen LogP contribution in [0.3, 0.4) is 0 Å². The van der Waals surface area contributed by atoms with Gasteiger partial charge in [-0.15, -0.1) is 0 Å². The number of hydrogen-bond donors (Lipinski definition) is 0. The molecule has 0 aromatic rings. The van der Waals surface area contributed by atoms with Gasteiger partial charge < -0.3 is 4.74 Å². The molecule has 0 spiro atoms. The van der Waals surface area contributed by atoms with Crippen molar-refractivity contribution in [2.45, 2.75) is 181 Å².